The summed E-state index contributed by atoms with van der Waals surface area (Å²) in [5.74, 6) is 0. The molecule has 0 atom stereocenters. The monoisotopic (exact) mass is 308 g/mol. The summed E-state index contributed by atoms with van der Waals surface area (Å²) in [6.07, 6.45) is 4.72. The molecule has 1 aliphatic carbocycles. The van der Waals surface area contributed by atoms with Crippen LogP contribution in [0, 0.1) is 12.3 Å². The van der Waals surface area contributed by atoms with Gasteiger partial charge in [0, 0.05) is 6.54 Å². The van der Waals surface area contributed by atoms with Crippen molar-refractivity contribution >= 4 is 16.1 Å². The lowest BCUT2D eigenvalue weighted by Gasteiger charge is -2.14. The van der Waals surface area contributed by atoms with E-state index in [1.54, 1.807) is 12.1 Å². The van der Waals surface area contributed by atoms with Crippen molar-refractivity contribution in [3.05, 3.63) is 42.5 Å². The van der Waals surface area contributed by atoms with E-state index in [0.717, 1.165) is 24.8 Å². The molecule has 1 aliphatic rings. The maximum absolute atomic E-state index is 12.0. The lowest BCUT2D eigenvalue weighted by molar-refractivity contribution is 0.243. The van der Waals surface area contributed by atoms with Crippen LogP contribution in [-0.4, -0.2) is 21.0 Å². The largest absolute Gasteiger partial charge is 0.337 e. The van der Waals surface area contributed by atoms with E-state index in [1.165, 1.54) is 12.1 Å². The van der Waals surface area contributed by atoms with Crippen LogP contribution in [0.2, 0.25) is 0 Å². The summed E-state index contributed by atoms with van der Waals surface area (Å²) >= 11 is 0. The Morgan fingerprint density at radius 2 is 1.95 bits per heavy atom. The van der Waals surface area contributed by atoms with Crippen LogP contribution in [0.4, 0.5) is 4.79 Å². The van der Waals surface area contributed by atoms with Gasteiger partial charge in [0.15, 0.2) is 0 Å². The maximum Gasteiger partial charge on any atom is 0.328 e. The van der Waals surface area contributed by atoms with Crippen LogP contribution in [0.3, 0.4) is 0 Å². The first kappa shape index (κ1) is 15.6. The zero-order valence-electron chi connectivity index (χ0n) is 12.1. The third-order valence-corrected chi connectivity index (χ3v) is 5.06. The van der Waals surface area contributed by atoms with Gasteiger partial charge >= 0.3 is 6.03 Å². The summed E-state index contributed by atoms with van der Waals surface area (Å²) in [5, 5.41) is 2.63. The highest BCUT2D eigenvalue weighted by Gasteiger charge is 2.41. The first-order chi connectivity index (χ1) is 9.87. The number of hydrogen-bond acceptors (Lipinski definition) is 3. The Balaban J connectivity index is 1.92. The van der Waals surface area contributed by atoms with E-state index < -0.39 is 16.1 Å². The molecule has 0 bridgehead atoms. The number of hydrogen-bond donors (Lipinski definition) is 2. The minimum atomic E-state index is -3.82. The van der Waals surface area contributed by atoms with E-state index in [9.17, 15) is 13.2 Å². The fourth-order valence-corrected chi connectivity index (χ4v) is 3.07. The number of amides is 2. The molecule has 0 unspecified atom stereocenters. The Bertz CT molecular complexity index is 631. The van der Waals surface area contributed by atoms with E-state index in [-0.39, 0.29) is 10.3 Å². The number of benzene rings is 1. The zero-order valence-corrected chi connectivity index (χ0v) is 12.9. The molecule has 0 radical (unpaired) electrons. The van der Waals surface area contributed by atoms with Crippen molar-refractivity contribution < 1.29 is 13.2 Å². The molecule has 0 saturated heterocycles. The third kappa shape index (κ3) is 4.07. The second kappa shape index (κ2) is 5.89. The summed E-state index contributed by atoms with van der Waals surface area (Å²) in [5.41, 5.74) is 1.03. The van der Waals surface area contributed by atoms with Crippen LogP contribution in [0.1, 0.15) is 24.8 Å². The van der Waals surface area contributed by atoms with Gasteiger partial charge < -0.3 is 5.32 Å². The molecule has 0 spiro atoms. The third-order valence-electron chi connectivity index (χ3n) is 3.72. The average Bonchev–Trinajstić information content (AvgIpc) is 3.17. The van der Waals surface area contributed by atoms with Gasteiger partial charge in [-0.3, -0.25) is 0 Å². The Hall–Kier alpha value is -1.82. The summed E-state index contributed by atoms with van der Waals surface area (Å²) in [4.78, 5) is 11.8. The minimum Gasteiger partial charge on any atom is -0.337 e. The van der Waals surface area contributed by atoms with Gasteiger partial charge in [-0.2, -0.15) is 0 Å². The van der Waals surface area contributed by atoms with Gasteiger partial charge in [0.1, 0.15) is 0 Å². The molecule has 0 aromatic heterocycles. The summed E-state index contributed by atoms with van der Waals surface area (Å²) in [6.45, 7) is 6.03. The number of nitrogens with one attached hydrogen (secondary N) is 2. The molecule has 1 aromatic carbocycles. The van der Waals surface area contributed by atoms with E-state index in [0.29, 0.717) is 6.54 Å². The van der Waals surface area contributed by atoms with Crippen molar-refractivity contribution in [1.29, 1.82) is 0 Å². The average molecular weight is 308 g/mol. The predicted molar refractivity (Wildman–Crippen MR) is 81.4 cm³/mol. The predicted octanol–water partition coefficient (Wildman–Crippen LogP) is 2.34. The van der Waals surface area contributed by atoms with Gasteiger partial charge in [-0.05, 0) is 43.7 Å². The second-order valence-corrected chi connectivity index (χ2v) is 7.28. The first-order valence-electron chi connectivity index (χ1n) is 6.85. The van der Waals surface area contributed by atoms with E-state index in [1.807, 2.05) is 17.7 Å². The first-order valence-corrected chi connectivity index (χ1v) is 8.33. The molecule has 2 rings (SSSR count). The lowest BCUT2D eigenvalue weighted by atomic mass is 10.0. The van der Waals surface area contributed by atoms with Crippen molar-refractivity contribution in [2.24, 2.45) is 5.41 Å². The summed E-state index contributed by atoms with van der Waals surface area (Å²) < 4.78 is 26.1. The van der Waals surface area contributed by atoms with Crippen LogP contribution in [-0.2, 0) is 10.0 Å². The fourth-order valence-electron chi connectivity index (χ4n) is 2.14. The van der Waals surface area contributed by atoms with E-state index >= 15 is 0 Å². The van der Waals surface area contributed by atoms with Crippen LogP contribution in [0.25, 0.3) is 0 Å². The van der Waals surface area contributed by atoms with Gasteiger partial charge in [0.25, 0.3) is 10.0 Å². The van der Waals surface area contributed by atoms with Crippen LogP contribution < -0.4 is 10.0 Å². The van der Waals surface area contributed by atoms with E-state index in [4.69, 9.17) is 0 Å². The minimum absolute atomic E-state index is 0.0761. The zero-order chi connectivity index (χ0) is 15.5. The van der Waals surface area contributed by atoms with Crippen molar-refractivity contribution in [3.63, 3.8) is 0 Å². The molecule has 6 heteroatoms. The lowest BCUT2D eigenvalue weighted by Crippen LogP contribution is -2.41. The second-order valence-electron chi connectivity index (χ2n) is 5.59. The molecular weight excluding hydrogens is 288 g/mol. The highest BCUT2D eigenvalue weighted by Crippen LogP contribution is 2.48. The molecule has 2 N–H and O–H groups in total. The summed E-state index contributed by atoms with van der Waals surface area (Å²) in [6, 6.07) is 5.65. The number of allylic oxidation sites excluding steroid dienone is 1. The normalized spacial score (nSPS) is 16.0. The highest BCUT2D eigenvalue weighted by molar-refractivity contribution is 7.90. The van der Waals surface area contributed by atoms with Crippen molar-refractivity contribution in [3.8, 4) is 0 Å². The Kier molecular flexibility index (Phi) is 4.37. The van der Waals surface area contributed by atoms with Crippen LogP contribution >= 0.6 is 0 Å². The summed E-state index contributed by atoms with van der Waals surface area (Å²) in [7, 11) is -3.82. The molecule has 21 heavy (non-hydrogen) atoms. The molecule has 1 aromatic rings. The number of carbonyl (C=O) groups excluding carboxylic acids is 1. The Labute approximate surface area is 125 Å². The smallest absolute Gasteiger partial charge is 0.328 e. The number of sulfonamides is 1. The molecular formula is C15H20N2O3S. The van der Waals surface area contributed by atoms with Gasteiger partial charge in [0.2, 0.25) is 0 Å². The molecule has 5 nitrogen and oxygen atoms in total. The van der Waals surface area contributed by atoms with Gasteiger partial charge in [-0.1, -0.05) is 23.8 Å². The van der Waals surface area contributed by atoms with Crippen molar-refractivity contribution in [1.82, 2.24) is 10.0 Å². The fraction of sp³-hybridized carbons (Fsp3) is 0.400. The van der Waals surface area contributed by atoms with Gasteiger partial charge in [0.05, 0.1) is 4.90 Å². The topological polar surface area (TPSA) is 75.3 Å². The molecule has 0 heterocycles. The molecule has 1 fully saturated rings. The van der Waals surface area contributed by atoms with E-state index in [2.05, 4.69) is 11.9 Å². The van der Waals surface area contributed by atoms with Crippen molar-refractivity contribution in [2.45, 2.75) is 31.1 Å². The number of carbonyl (C=O) groups is 1. The highest BCUT2D eigenvalue weighted by atomic mass is 32.2. The van der Waals surface area contributed by atoms with Gasteiger partial charge in [-0.25, -0.2) is 17.9 Å². The van der Waals surface area contributed by atoms with Crippen LogP contribution in [0.15, 0.2) is 41.8 Å². The Morgan fingerprint density at radius 1 is 1.33 bits per heavy atom. The molecule has 0 aliphatic heterocycles. The Morgan fingerprint density at radius 3 is 2.48 bits per heavy atom. The number of urea groups is 1. The molecule has 2 amide bonds. The molecule has 1 saturated carbocycles. The van der Waals surface area contributed by atoms with Crippen molar-refractivity contribution in [2.75, 3.05) is 6.54 Å². The quantitative estimate of drug-likeness (QED) is 0.792. The standard InChI is InChI=1S/C15H20N2O3S/c1-3-8-15(9-10-15)11-16-14(18)17-21(19,20)13-6-4-12(2)5-7-13/h3-7H,1,8-11H2,2H3,(H2,16,17,18). The van der Waals surface area contributed by atoms with Gasteiger partial charge in [-0.15, -0.1) is 6.58 Å². The number of aryl methyl sites for hydroxylation is 1. The number of rotatable bonds is 6. The maximum atomic E-state index is 12.0. The SMILES string of the molecule is C=CCC1(CNC(=O)NS(=O)(=O)c2ccc(C)cc2)CC1. The van der Waals surface area contributed by atoms with Crippen LogP contribution in [0.5, 0.6) is 0 Å². The molecule has 114 valence electrons.